The smallest absolute Gasteiger partial charge is 0.463 e. The molecule has 0 rings (SSSR count). The van der Waals surface area contributed by atoms with Gasteiger partial charge >= 0.3 is 33.6 Å². The van der Waals surface area contributed by atoms with Crippen molar-refractivity contribution in [3.05, 3.63) is 109 Å². The molecule has 0 amide bonds. The van der Waals surface area contributed by atoms with Gasteiger partial charge in [0.2, 0.25) is 0 Å². The number of hydrogen-bond acceptors (Lipinski definition) is 14. The number of ether oxygens (including phenoxy) is 3. The van der Waals surface area contributed by atoms with Crippen LogP contribution in [0.5, 0.6) is 0 Å². The van der Waals surface area contributed by atoms with Crippen LogP contribution in [0, 0.1) is 0 Å². The maximum Gasteiger partial charge on any atom is 0.472 e. The summed E-state index contributed by atoms with van der Waals surface area (Å²) in [4.78, 5) is 58.4. The maximum absolute atomic E-state index is 12.9. The average Bonchev–Trinajstić information content (AvgIpc) is 1.75. The fourth-order valence-electron chi connectivity index (χ4n) is 9.78. The lowest BCUT2D eigenvalue weighted by molar-refractivity contribution is -0.161. The van der Waals surface area contributed by atoms with E-state index in [2.05, 4.69) is 130 Å². The molecule has 0 heterocycles. The molecule has 0 fully saturated rings. The van der Waals surface area contributed by atoms with Gasteiger partial charge in [-0.3, -0.25) is 32.5 Å². The zero-order chi connectivity index (χ0) is 69.5. The molecule has 0 aliphatic heterocycles. The first kappa shape index (κ1) is 91.2. The molecular formula is C77H134O16P2. The van der Waals surface area contributed by atoms with Crippen LogP contribution in [0.1, 0.15) is 303 Å². The van der Waals surface area contributed by atoms with Crippen molar-refractivity contribution < 1.29 is 75.8 Å². The summed E-state index contributed by atoms with van der Waals surface area (Å²) >= 11 is 0. The normalized spacial score (nSPS) is 14.7. The molecule has 4 N–H and O–H groups in total. The second-order valence-corrected chi connectivity index (χ2v) is 27.6. The van der Waals surface area contributed by atoms with Gasteiger partial charge in [-0.2, -0.15) is 0 Å². The van der Waals surface area contributed by atoms with Crippen LogP contribution in [0.3, 0.4) is 0 Å². The molecule has 5 atom stereocenters. The van der Waals surface area contributed by atoms with Gasteiger partial charge in [-0.15, -0.1) is 0 Å². The largest absolute Gasteiger partial charge is 0.472 e. The maximum atomic E-state index is 12.9. The van der Waals surface area contributed by atoms with E-state index in [4.69, 9.17) is 32.3 Å². The van der Waals surface area contributed by atoms with Crippen molar-refractivity contribution in [1.29, 1.82) is 0 Å². The molecule has 0 aromatic heterocycles. The highest BCUT2D eigenvalue weighted by atomic mass is 31.2. The van der Waals surface area contributed by atoms with Crippen LogP contribution in [-0.4, -0.2) is 95.9 Å². The lowest BCUT2D eigenvalue weighted by atomic mass is 10.0. The minimum absolute atomic E-state index is 0.0851. The predicted molar refractivity (Wildman–Crippen MR) is 390 cm³/mol. The molecule has 0 aliphatic carbocycles. The minimum atomic E-state index is -4.93. The number of aliphatic hydroxyl groups excluding tert-OH is 2. The monoisotopic (exact) mass is 1380 g/mol. The molecule has 16 nitrogen and oxygen atoms in total. The summed E-state index contributed by atoms with van der Waals surface area (Å²) in [6, 6.07) is 0. The first-order valence-electron chi connectivity index (χ1n) is 37.2. The van der Waals surface area contributed by atoms with Crippen LogP contribution in [-0.2, 0) is 55.8 Å². The van der Waals surface area contributed by atoms with Gasteiger partial charge in [0.15, 0.2) is 6.10 Å². The first-order valence-corrected chi connectivity index (χ1v) is 40.2. The number of esters is 3. The zero-order valence-electron chi connectivity index (χ0n) is 59.6. The van der Waals surface area contributed by atoms with E-state index in [0.29, 0.717) is 19.3 Å². The van der Waals surface area contributed by atoms with Crippen LogP contribution in [0.25, 0.3) is 0 Å². The number of rotatable bonds is 70. The fraction of sp³-hybridized carbons (Fsp3) is 0.727. The Morgan fingerprint density at radius 1 is 0.305 bits per heavy atom. The molecule has 0 spiro atoms. The fourth-order valence-corrected chi connectivity index (χ4v) is 11.4. The van der Waals surface area contributed by atoms with E-state index in [1.54, 1.807) is 0 Å². The Hall–Kier alpha value is -3.79. The van der Waals surface area contributed by atoms with Crippen LogP contribution >= 0.6 is 15.6 Å². The third-order valence-electron chi connectivity index (χ3n) is 15.4. The molecule has 0 aliphatic rings. The van der Waals surface area contributed by atoms with E-state index >= 15 is 0 Å². The third kappa shape index (κ3) is 71.3. The van der Waals surface area contributed by atoms with Crippen LogP contribution in [0.4, 0.5) is 0 Å². The van der Waals surface area contributed by atoms with E-state index in [-0.39, 0.29) is 19.3 Å². The quantitative estimate of drug-likeness (QED) is 0.0146. The second kappa shape index (κ2) is 70.1. The van der Waals surface area contributed by atoms with Gasteiger partial charge in [0, 0.05) is 19.3 Å². The van der Waals surface area contributed by atoms with Crippen molar-refractivity contribution in [3.63, 3.8) is 0 Å². The number of allylic oxidation sites excluding steroid dienone is 18. The average molecular weight is 1380 g/mol. The Kier molecular flexibility index (Phi) is 67.3. The van der Waals surface area contributed by atoms with Crippen LogP contribution < -0.4 is 0 Å². The molecule has 95 heavy (non-hydrogen) atoms. The van der Waals surface area contributed by atoms with E-state index in [9.17, 15) is 43.5 Å². The van der Waals surface area contributed by atoms with E-state index < -0.39 is 91.5 Å². The molecule has 0 aromatic rings. The van der Waals surface area contributed by atoms with Crippen molar-refractivity contribution in [3.8, 4) is 0 Å². The van der Waals surface area contributed by atoms with E-state index in [1.165, 1.54) is 96.3 Å². The summed E-state index contributed by atoms with van der Waals surface area (Å²) in [5.74, 6) is -1.60. The number of unbranched alkanes of at least 4 members (excludes halogenated alkanes) is 29. The highest BCUT2D eigenvalue weighted by Gasteiger charge is 2.29. The highest BCUT2D eigenvalue weighted by molar-refractivity contribution is 7.47. The van der Waals surface area contributed by atoms with Crippen molar-refractivity contribution in [2.24, 2.45) is 0 Å². The Balaban J connectivity index is 4.41. The highest BCUT2D eigenvalue weighted by Crippen LogP contribution is 2.45. The third-order valence-corrected chi connectivity index (χ3v) is 17.3. The van der Waals surface area contributed by atoms with Gasteiger partial charge < -0.3 is 34.2 Å². The number of carbonyl (C=O) groups is 3. The van der Waals surface area contributed by atoms with E-state index in [0.717, 1.165) is 148 Å². The van der Waals surface area contributed by atoms with E-state index in [1.807, 2.05) is 0 Å². The predicted octanol–water partition coefficient (Wildman–Crippen LogP) is 21.2. The number of phosphoric ester groups is 2. The Morgan fingerprint density at radius 2 is 0.579 bits per heavy atom. The zero-order valence-corrected chi connectivity index (χ0v) is 61.4. The van der Waals surface area contributed by atoms with Gasteiger partial charge in [-0.1, -0.05) is 271 Å². The number of aliphatic hydroxyl groups is 2. The molecule has 0 saturated heterocycles. The Labute approximate surface area is 577 Å². The van der Waals surface area contributed by atoms with Crippen molar-refractivity contribution in [2.45, 2.75) is 322 Å². The second-order valence-electron chi connectivity index (χ2n) is 24.7. The van der Waals surface area contributed by atoms with Crippen molar-refractivity contribution in [2.75, 3.05) is 39.6 Å². The molecule has 0 aromatic carbocycles. The number of phosphoric acid groups is 2. The molecule has 0 saturated carbocycles. The van der Waals surface area contributed by atoms with Crippen molar-refractivity contribution in [1.82, 2.24) is 0 Å². The number of hydrogen-bond donors (Lipinski definition) is 4. The standard InChI is InChI=1S/C77H134O16P2/c1-4-7-10-13-16-19-22-25-27-28-29-30-31-32-33-34-35-36-37-38-39-40-41-42-44-47-48-51-54-57-60-63-75(80)87-66-72(78)67-89-94(83,84)90-68-73(79)69-91-95(85,86)92-71-74(93-77(82)65-62-59-56-53-50-45-24-21-18-15-12-9-6-3)70-88-76(81)64-61-58-55-52-49-46-43-26-23-20-17-14-11-8-5-2/h7,10,12,15-17,19-21,24-27,29-30,32-33,43,72-74,78-79H,4-6,8-9,11,13-14,18,22-23,28,31,34-42,44-71H2,1-3H3,(H,83,84)(H,85,86)/b10-7-,15-12-,19-16-,20-17-,24-21-,27-25-,30-29-,33-32-,43-26-. The molecule has 0 bridgehead atoms. The van der Waals surface area contributed by atoms with Gasteiger partial charge in [0.25, 0.3) is 0 Å². The summed E-state index contributed by atoms with van der Waals surface area (Å²) < 4.78 is 60.9. The SMILES string of the molecule is CC/C=C\C/C=C\C/C=C\C/C=C\C/C=C\CCCCCCCCCCCCCCCCCC(=O)OCC(O)COP(=O)(O)OCC(O)COP(=O)(O)OCC(COC(=O)CCCCCCC/C=C\C/C=C\CCCCC)OC(=O)CCCCCCC/C=C\C/C=C\CCC. The molecular weight excluding hydrogens is 1240 g/mol. The number of carbonyl (C=O) groups excluding carboxylic acids is 3. The van der Waals surface area contributed by atoms with Gasteiger partial charge in [0.1, 0.15) is 25.4 Å². The van der Waals surface area contributed by atoms with Gasteiger partial charge in [-0.25, -0.2) is 9.13 Å². The Bertz CT molecular complexity index is 2170. The molecule has 18 heteroatoms. The topological polar surface area (TPSA) is 231 Å². The molecule has 548 valence electrons. The van der Waals surface area contributed by atoms with Crippen LogP contribution in [0.15, 0.2) is 109 Å². The summed E-state index contributed by atoms with van der Waals surface area (Å²) in [5, 5.41) is 20.6. The van der Waals surface area contributed by atoms with Gasteiger partial charge in [0.05, 0.1) is 26.4 Å². The Morgan fingerprint density at radius 3 is 0.926 bits per heavy atom. The summed E-state index contributed by atoms with van der Waals surface area (Å²) in [6.07, 6.45) is 80.2. The molecule has 0 radical (unpaired) electrons. The van der Waals surface area contributed by atoms with Crippen molar-refractivity contribution >= 4 is 33.6 Å². The lowest BCUT2D eigenvalue weighted by Crippen LogP contribution is -2.30. The first-order chi connectivity index (χ1) is 46.2. The summed E-state index contributed by atoms with van der Waals surface area (Å²) in [5.41, 5.74) is 0. The summed E-state index contributed by atoms with van der Waals surface area (Å²) in [6.45, 7) is 2.44. The lowest BCUT2D eigenvalue weighted by Gasteiger charge is -2.21. The minimum Gasteiger partial charge on any atom is -0.463 e. The summed E-state index contributed by atoms with van der Waals surface area (Å²) in [7, 11) is -9.78. The van der Waals surface area contributed by atoms with Gasteiger partial charge in [-0.05, 0) is 122 Å². The molecule has 5 unspecified atom stereocenters. The van der Waals surface area contributed by atoms with Crippen LogP contribution in [0.2, 0.25) is 0 Å².